The van der Waals surface area contributed by atoms with Gasteiger partial charge in [0.25, 0.3) is 15.9 Å². The Morgan fingerprint density at radius 1 is 0.805 bits per heavy atom. The number of amides is 1. The zero-order valence-corrected chi connectivity index (χ0v) is 24.2. The molecule has 0 saturated carbocycles. The average Bonchev–Trinajstić information content (AvgIpc) is 2.92. The molecule has 0 aromatic heterocycles. The van der Waals surface area contributed by atoms with Crippen molar-refractivity contribution in [1.82, 2.24) is 4.31 Å². The minimum absolute atomic E-state index is 0.0356. The summed E-state index contributed by atoms with van der Waals surface area (Å²) in [7, 11) is -5.11. The Labute approximate surface area is 239 Å². The Kier molecular flexibility index (Phi) is 8.76. The Hall–Kier alpha value is -4.26. The number of aryl methyl sites for hydroxylation is 1. The molecule has 2 N–H and O–H groups in total. The van der Waals surface area contributed by atoms with Crippen LogP contribution < -0.4 is 14.3 Å². The summed E-state index contributed by atoms with van der Waals surface area (Å²) in [6.45, 7) is 1.70. The Balaban J connectivity index is 1.45. The number of para-hydroxylation sites is 1. The van der Waals surface area contributed by atoms with Gasteiger partial charge in [-0.25, -0.2) is 12.8 Å². The first kappa shape index (κ1) is 29.7. The molecule has 0 spiro atoms. The number of halogens is 1. The van der Waals surface area contributed by atoms with Crippen LogP contribution in [0.5, 0.6) is 0 Å². The molecule has 0 aliphatic rings. The molecule has 0 bridgehead atoms. The largest absolute Gasteiger partial charge is 0.322 e. The van der Waals surface area contributed by atoms with E-state index in [0.29, 0.717) is 22.5 Å². The van der Waals surface area contributed by atoms with Crippen LogP contribution in [0.15, 0.2) is 102 Å². The van der Waals surface area contributed by atoms with Crippen LogP contribution in [0.2, 0.25) is 0 Å². The van der Waals surface area contributed by atoms with Crippen LogP contribution in [0.4, 0.5) is 21.5 Å². The summed E-state index contributed by atoms with van der Waals surface area (Å²) >= 11 is 0. The summed E-state index contributed by atoms with van der Waals surface area (Å²) in [5, 5.41) is 2.71. The van der Waals surface area contributed by atoms with Crippen molar-refractivity contribution < 1.29 is 26.0 Å². The van der Waals surface area contributed by atoms with Gasteiger partial charge in [-0.2, -0.15) is 12.7 Å². The van der Waals surface area contributed by atoms with Gasteiger partial charge in [0.2, 0.25) is 0 Å². The molecule has 0 heterocycles. The summed E-state index contributed by atoms with van der Waals surface area (Å²) in [5.41, 5.74) is 2.48. The fourth-order valence-corrected chi connectivity index (χ4v) is 6.07. The van der Waals surface area contributed by atoms with Gasteiger partial charge in [0.15, 0.2) is 0 Å². The summed E-state index contributed by atoms with van der Waals surface area (Å²) in [6.07, 6.45) is 0. The zero-order chi connectivity index (χ0) is 29.8. The van der Waals surface area contributed by atoms with Gasteiger partial charge < -0.3 is 5.32 Å². The number of anilines is 3. The number of nitrogens with one attached hydrogen (secondary N) is 2. The van der Waals surface area contributed by atoms with Crippen molar-refractivity contribution in [3.63, 3.8) is 0 Å². The van der Waals surface area contributed by atoms with Crippen LogP contribution in [0.25, 0.3) is 0 Å². The van der Waals surface area contributed by atoms with Crippen molar-refractivity contribution in [2.24, 2.45) is 0 Å². The van der Waals surface area contributed by atoms with Crippen LogP contribution >= 0.6 is 0 Å². The van der Waals surface area contributed by atoms with Gasteiger partial charge in [-0.3, -0.25) is 13.8 Å². The number of carbonyl (C=O) groups is 1. The molecule has 0 fully saturated rings. The highest BCUT2D eigenvalue weighted by Crippen LogP contribution is 2.26. The third-order valence-electron chi connectivity index (χ3n) is 6.10. The molecule has 214 valence electrons. The van der Waals surface area contributed by atoms with Gasteiger partial charge in [-0.15, -0.1) is 0 Å². The van der Waals surface area contributed by atoms with Crippen molar-refractivity contribution in [3.8, 4) is 0 Å². The van der Waals surface area contributed by atoms with Gasteiger partial charge in [-0.1, -0.05) is 36.4 Å². The van der Waals surface area contributed by atoms with Gasteiger partial charge in [-0.05, 0) is 78.7 Å². The third kappa shape index (κ3) is 7.09. The smallest absolute Gasteiger partial charge is 0.303 e. The average molecular weight is 597 g/mol. The minimum atomic E-state index is -4.01. The molecule has 4 aromatic carbocycles. The van der Waals surface area contributed by atoms with Crippen molar-refractivity contribution >= 4 is 43.2 Å². The molecular weight excluding hydrogens is 567 g/mol. The van der Waals surface area contributed by atoms with E-state index < -0.39 is 32.0 Å². The predicted octanol–water partition coefficient (Wildman–Crippen LogP) is 5.00. The van der Waals surface area contributed by atoms with E-state index in [-0.39, 0.29) is 17.1 Å². The first-order chi connectivity index (χ1) is 19.4. The highest BCUT2D eigenvalue weighted by molar-refractivity contribution is 7.92. The lowest BCUT2D eigenvalue weighted by Crippen LogP contribution is -2.40. The molecule has 0 atom stereocenters. The molecule has 4 aromatic rings. The van der Waals surface area contributed by atoms with Crippen LogP contribution in [-0.2, 0) is 26.8 Å². The molecule has 0 aliphatic carbocycles. The normalized spacial score (nSPS) is 11.7. The second-order valence-corrected chi connectivity index (χ2v) is 13.1. The van der Waals surface area contributed by atoms with Crippen molar-refractivity contribution in [3.05, 3.63) is 120 Å². The SMILES string of the molecule is Cc1cccc(NS(=O)(=O)c2ccc(NC(=O)c3ccc(CN(c4ccccc4F)S(=O)(=O)N(C)C)cc3)cc2)c1. The minimum Gasteiger partial charge on any atom is -0.322 e. The standard InChI is InChI=1S/C29H29FN4O5S2/c1-21-7-6-8-25(19-21)32-40(36,37)26-17-15-24(16-18-26)31-29(35)23-13-11-22(12-14-23)20-34(41(38,39)33(2)3)28-10-5-4-9-27(28)30/h4-19,32H,20H2,1-3H3,(H,31,35). The third-order valence-corrected chi connectivity index (χ3v) is 9.30. The van der Waals surface area contributed by atoms with Gasteiger partial charge in [0.1, 0.15) is 5.82 Å². The van der Waals surface area contributed by atoms with E-state index in [1.54, 1.807) is 36.4 Å². The van der Waals surface area contributed by atoms with E-state index in [1.165, 1.54) is 68.7 Å². The topological polar surface area (TPSA) is 116 Å². The Morgan fingerprint density at radius 3 is 2.07 bits per heavy atom. The van der Waals surface area contributed by atoms with E-state index in [1.807, 2.05) is 13.0 Å². The van der Waals surface area contributed by atoms with E-state index in [4.69, 9.17) is 0 Å². The fourth-order valence-electron chi connectivity index (χ4n) is 3.91. The molecule has 4 rings (SSSR count). The summed E-state index contributed by atoms with van der Waals surface area (Å²) in [5.74, 6) is -1.13. The molecule has 0 aliphatic heterocycles. The summed E-state index contributed by atoms with van der Waals surface area (Å²) < 4.78 is 70.3. The number of sulfonamides is 1. The van der Waals surface area contributed by atoms with Gasteiger partial charge in [0.05, 0.1) is 17.1 Å². The predicted molar refractivity (Wildman–Crippen MR) is 158 cm³/mol. The highest BCUT2D eigenvalue weighted by atomic mass is 32.2. The molecule has 12 heteroatoms. The second kappa shape index (κ2) is 12.1. The second-order valence-electron chi connectivity index (χ2n) is 9.40. The molecular formula is C29H29FN4O5S2. The fraction of sp³-hybridized carbons (Fsp3) is 0.138. The first-order valence-electron chi connectivity index (χ1n) is 12.4. The van der Waals surface area contributed by atoms with E-state index in [0.717, 1.165) is 14.2 Å². The van der Waals surface area contributed by atoms with Crippen molar-refractivity contribution in [2.75, 3.05) is 28.4 Å². The van der Waals surface area contributed by atoms with Crippen molar-refractivity contribution in [1.29, 1.82) is 0 Å². The molecule has 0 unspecified atom stereocenters. The van der Waals surface area contributed by atoms with Crippen molar-refractivity contribution in [2.45, 2.75) is 18.4 Å². The highest BCUT2D eigenvalue weighted by Gasteiger charge is 2.27. The molecule has 41 heavy (non-hydrogen) atoms. The molecule has 1 amide bonds. The molecule has 0 saturated heterocycles. The number of nitrogens with zero attached hydrogens (tertiary/aromatic N) is 2. The first-order valence-corrected chi connectivity index (χ1v) is 15.3. The van der Waals surface area contributed by atoms with E-state index in [9.17, 15) is 26.0 Å². The molecule has 9 nitrogen and oxygen atoms in total. The Morgan fingerprint density at radius 2 is 1.46 bits per heavy atom. The van der Waals surface area contributed by atoms with Gasteiger partial charge >= 0.3 is 10.2 Å². The number of hydrogen-bond donors (Lipinski definition) is 2. The summed E-state index contributed by atoms with van der Waals surface area (Å²) in [6, 6.07) is 24.5. The van der Waals surface area contributed by atoms with Crippen LogP contribution in [-0.4, -0.2) is 41.1 Å². The lowest BCUT2D eigenvalue weighted by atomic mass is 10.1. The maximum Gasteiger partial charge on any atom is 0.303 e. The lowest BCUT2D eigenvalue weighted by Gasteiger charge is -2.27. The van der Waals surface area contributed by atoms with Gasteiger partial charge in [0, 0.05) is 31.0 Å². The zero-order valence-electron chi connectivity index (χ0n) is 22.6. The Bertz CT molecular complexity index is 1760. The monoisotopic (exact) mass is 596 g/mol. The maximum atomic E-state index is 14.5. The molecule has 0 radical (unpaired) electrons. The number of carbonyl (C=O) groups excluding carboxylic acids is 1. The number of benzene rings is 4. The maximum absolute atomic E-state index is 14.5. The summed E-state index contributed by atoms with van der Waals surface area (Å²) in [4.78, 5) is 12.8. The van der Waals surface area contributed by atoms with Crippen LogP contribution in [0, 0.1) is 12.7 Å². The lowest BCUT2D eigenvalue weighted by molar-refractivity contribution is 0.102. The van der Waals surface area contributed by atoms with Crippen LogP contribution in [0.3, 0.4) is 0 Å². The van der Waals surface area contributed by atoms with Crippen LogP contribution in [0.1, 0.15) is 21.5 Å². The quantitative estimate of drug-likeness (QED) is 0.267. The van der Waals surface area contributed by atoms with E-state index in [2.05, 4.69) is 10.0 Å². The number of rotatable bonds is 10. The number of hydrogen-bond acceptors (Lipinski definition) is 5. The van der Waals surface area contributed by atoms with E-state index >= 15 is 0 Å².